The fraction of sp³-hybridized carbons (Fsp3) is 0.194. The Labute approximate surface area is 239 Å². The van der Waals surface area contributed by atoms with Crippen molar-refractivity contribution < 1.29 is 28.2 Å². The van der Waals surface area contributed by atoms with Gasteiger partial charge in [-0.05, 0) is 59.5 Å². The molecule has 0 saturated carbocycles. The van der Waals surface area contributed by atoms with Crippen LogP contribution < -0.4 is 4.74 Å². The Hall–Kier alpha value is -3.69. The Kier molecular flexibility index (Phi) is 9.95. The van der Waals surface area contributed by atoms with Crippen molar-refractivity contribution in [3.05, 3.63) is 125 Å². The van der Waals surface area contributed by atoms with Crippen LogP contribution in [0.25, 0.3) is 0 Å². The zero-order chi connectivity index (χ0) is 28.5. The lowest BCUT2D eigenvalue weighted by atomic mass is 10.1. The standard InChI is InChI=1S/C31H30ClNO6S/c32-26-12-6-11-25(18-26)29(34)21-33(20-23-8-2-1-3-9-23)17-16-24-10-4-5-15-30(24)40(37,38)28-14-7-13-27(19-28)39-22-31(35)36/h1-15,18-19,29,34H,16-17,20-22H2,(H,35,36)/t29-/m1/s1. The fourth-order valence-corrected chi connectivity index (χ4v) is 6.15. The monoisotopic (exact) mass is 579 g/mol. The van der Waals surface area contributed by atoms with Crippen molar-refractivity contribution in [2.45, 2.75) is 28.9 Å². The molecule has 4 aromatic rings. The molecule has 0 saturated heterocycles. The molecule has 0 aliphatic carbocycles. The number of nitrogens with zero attached hydrogens (tertiary/aromatic N) is 1. The first kappa shape index (κ1) is 29.3. The number of sulfone groups is 1. The Morgan fingerprint density at radius 2 is 1.62 bits per heavy atom. The van der Waals surface area contributed by atoms with Crippen LogP contribution >= 0.6 is 11.6 Å². The molecule has 0 bridgehead atoms. The van der Waals surface area contributed by atoms with Crippen LogP contribution in [0.3, 0.4) is 0 Å². The second-order valence-electron chi connectivity index (χ2n) is 9.31. The van der Waals surface area contributed by atoms with Gasteiger partial charge in [-0.2, -0.15) is 0 Å². The fourth-order valence-electron chi connectivity index (χ4n) is 4.39. The van der Waals surface area contributed by atoms with Crippen LogP contribution in [0.4, 0.5) is 0 Å². The number of benzene rings is 4. The molecule has 7 nitrogen and oxygen atoms in total. The summed E-state index contributed by atoms with van der Waals surface area (Å²) in [6.07, 6.45) is -0.366. The lowest BCUT2D eigenvalue weighted by Crippen LogP contribution is -2.30. The van der Waals surface area contributed by atoms with Crippen LogP contribution in [0.2, 0.25) is 5.02 Å². The van der Waals surface area contributed by atoms with Gasteiger partial charge in [-0.3, -0.25) is 4.90 Å². The summed E-state index contributed by atoms with van der Waals surface area (Å²) in [6.45, 7) is 0.808. The summed E-state index contributed by atoms with van der Waals surface area (Å²) in [7, 11) is -3.92. The molecule has 40 heavy (non-hydrogen) atoms. The summed E-state index contributed by atoms with van der Waals surface area (Å²) in [5.74, 6) is -0.996. The molecule has 0 amide bonds. The van der Waals surface area contributed by atoms with Crippen molar-refractivity contribution in [2.24, 2.45) is 0 Å². The second-order valence-corrected chi connectivity index (χ2v) is 11.7. The molecule has 0 heterocycles. The molecular weight excluding hydrogens is 550 g/mol. The number of halogens is 1. The van der Waals surface area contributed by atoms with Gasteiger partial charge in [0.1, 0.15) is 5.75 Å². The number of rotatable bonds is 13. The number of hydrogen-bond acceptors (Lipinski definition) is 6. The third-order valence-corrected chi connectivity index (χ3v) is 8.44. The summed E-state index contributed by atoms with van der Waals surface area (Å²) in [5, 5.41) is 20.4. The highest BCUT2D eigenvalue weighted by Crippen LogP contribution is 2.28. The average Bonchev–Trinajstić information content (AvgIpc) is 2.95. The van der Waals surface area contributed by atoms with E-state index in [1.165, 1.54) is 24.3 Å². The van der Waals surface area contributed by atoms with E-state index in [1.54, 1.807) is 42.5 Å². The molecule has 0 aromatic heterocycles. The van der Waals surface area contributed by atoms with E-state index in [0.717, 1.165) is 5.56 Å². The third kappa shape index (κ3) is 7.92. The van der Waals surface area contributed by atoms with Gasteiger partial charge in [0.2, 0.25) is 9.84 Å². The van der Waals surface area contributed by atoms with Crippen molar-refractivity contribution >= 4 is 27.4 Å². The SMILES string of the molecule is O=C(O)COc1cccc(S(=O)(=O)c2ccccc2CCN(Cc2ccccc2)C[C@@H](O)c2cccc(Cl)c2)c1. The van der Waals surface area contributed by atoms with Crippen molar-refractivity contribution in [1.29, 1.82) is 0 Å². The number of carbonyl (C=O) groups is 1. The van der Waals surface area contributed by atoms with Crippen molar-refractivity contribution in [3.8, 4) is 5.75 Å². The molecule has 4 rings (SSSR count). The van der Waals surface area contributed by atoms with Crippen LogP contribution in [0.1, 0.15) is 22.8 Å². The van der Waals surface area contributed by atoms with Crippen molar-refractivity contribution in [2.75, 3.05) is 19.7 Å². The van der Waals surface area contributed by atoms with Gasteiger partial charge >= 0.3 is 5.97 Å². The van der Waals surface area contributed by atoms with Gasteiger partial charge < -0.3 is 14.9 Å². The third-order valence-electron chi connectivity index (χ3n) is 6.35. The predicted molar refractivity (Wildman–Crippen MR) is 153 cm³/mol. The quantitative estimate of drug-likeness (QED) is 0.218. The number of carboxylic acids is 1. The maximum atomic E-state index is 13.6. The topological polar surface area (TPSA) is 104 Å². The molecule has 0 spiro atoms. The highest BCUT2D eigenvalue weighted by Gasteiger charge is 2.23. The van der Waals surface area contributed by atoms with Crippen LogP contribution in [0.5, 0.6) is 5.75 Å². The van der Waals surface area contributed by atoms with Crippen LogP contribution in [-0.2, 0) is 27.6 Å². The molecule has 0 fully saturated rings. The zero-order valence-corrected chi connectivity index (χ0v) is 23.3. The average molecular weight is 580 g/mol. The zero-order valence-electron chi connectivity index (χ0n) is 21.7. The maximum Gasteiger partial charge on any atom is 0.341 e. The highest BCUT2D eigenvalue weighted by atomic mass is 35.5. The minimum absolute atomic E-state index is 0.0142. The number of aliphatic hydroxyl groups is 1. The van der Waals surface area contributed by atoms with Gasteiger partial charge in [-0.25, -0.2) is 13.2 Å². The minimum atomic E-state index is -3.92. The maximum absolute atomic E-state index is 13.6. The summed E-state index contributed by atoms with van der Waals surface area (Å²) in [5.41, 5.74) is 2.41. The second kappa shape index (κ2) is 13.6. The molecule has 0 aliphatic heterocycles. The molecular formula is C31H30ClNO6S. The smallest absolute Gasteiger partial charge is 0.341 e. The van der Waals surface area contributed by atoms with E-state index in [2.05, 4.69) is 4.90 Å². The largest absolute Gasteiger partial charge is 0.482 e. The first-order valence-electron chi connectivity index (χ1n) is 12.7. The van der Waals surface area contributed by atoms with E-state index in [-0.39, 0.29) is 15.5 Å². The normalized spacial score (nSPS) is 12.3. The van der Waals surface area contributed by atoms with E-state index < -0.39 is 28.5 Å². The Morgan fingerprint density at radius 1 is 0.900 bits per heavy atom. The number of aliphatic hydroxyl groups excluding tert-OH is 1. The Bertz CT molecular complexity index is 1540. The van der Waals surface area contributed by atoms with E-state index in [4.69, 9.17) is 21.4 Å². The molecule has 0 unspecified atom stereocenters. The van der Waals surface area contributed by atoms with Crippen molar-refractivity contribution in [1.82, 2.24) is 4.90 Å². The van der Waals surface area contributed by atoms with Crippen molar-refractivity contribution in [3.63, 3.8) is 0 Å². The van der Waals surface area contributed by atoms with E-state index in [1.807, 2.05) is 36.4 Å². The van der Waals surface area contributed by atoms with E-state index in [0.29, 0.717) is 42.2 Å². The lowest BCUT2D eigenvalue weighted by molar-refractivity contribution is -0.139. The summed E-state index contributed by atoms with van der Waals surface area (Å²) in [6, 6.07) is 29.6. The molecule has 1 atom stereocenters. The Morgan fingerprint density at radius 3 is 2.38 bits per heavy atom. The number of aliphatic carboxylic acids is 1. The molecule has 4 aromatic carbocycles. The van der Waals surface area contributed by atoms with E-state index in [9.17, 15) is 18.3 Å². The number of carboxylic acid groups (broad SMARTS) is 1. The van der Waals surface area contributed by atoms with Gasteiger partial charge in [-0.1, -0.05) is 78.3 Å². The number of ether oxygens (including phenoxy) is 1. The first-order valence-corrected chi connectivity index (χ1v) is 14.6. The van der Waals surface area contributed by atoms with E-state index >= 15 is 0 Å². The summed E-state index contributed by atoms with van der Waals surface area (Å²) >= 11 is 6.13. The molecule has 0 radical (unpaired) electrons. The van der Waals surface area contributed by atoms with Gasteiger partial charge in [0.15, 0.2) is 6.61 Å². The van der Waals surface area contributed by atoms with Gasteiger partial charge in [0, 0.05) is 24.7 Å². The summed E-state index contributed by atoms with van der Waals surface area (Å²) in [4.78, 5) is 13.1. The Balaban J connectivity index is 1.56. The highest BCUT2D eigenvalue weighted by molar-refractivity contribution is 7.91. The van der Waals surface area contributed by atoms with Gasteiger partial charge in [-0.15, -0.1) is 0 Å². The molecule has 208 valence electrons. The first-order chi connectivity index (χ1) is 19.2. The summed E-state index contributed by atoms with van der Waals surface area (Å²) < 4.78 is 32.5. The number of hydrogen-bond donors (Lipinski definition) is 2. The van der Waals surface area contributed by atoms with Gasteiger partial charge in [0.25, 0.3) is 0 Å². The van der Waals surface area contributed by atoms with Crippen LogP contribution in [-0.4, -0.2) is 49.2 Å². The minimum Gasteiger partial charge on any atom is -0.482 e. The van der Waals surface area contributed by atoms with Crippen LogP contribution in [0, 0.1) is 0 Å². The molecule has 9 heteroatoms. The lowest BCUT2D eigenvalue weighted by Gasteiger charge is -2.26. The molecule has 2 N–H and O–H groups in total. The molecule has 0 aliphatic rings. The predicted octanol–water partition coefficient (Wildman–Crippen LogP) is 5.41. The van der Waals surface area contributed by atoms with Gasteiger partial charge in [0.05, 0.1) is 15.9 Å². The van der Waals surface area contributed by atoms with Crippen LogP contribution in [0.15, 0.2) is 113 Å².